The monoisotopic (exact) mass is 220 g/mol. The lowest BCUT2D eigenvalue weighted by Crippen LogP contribution is -2.47. The normalized spacial score (nSPS) is 60.1. The molecule has 0 amide bonds. The summed E-state index contributed by atoms with van der Waals surface area (Å²) in [5, 5.41) is 0. The van der Waals surface area contributed by atoms with Crippen LogP contribution in [0.15, 0.2) is 0 Å². The average Bonchev–Trinajstić information content (AvgIpc) is 2.88. The number of carbonyl (C=O) groups is 1. The molecule has 0 saturated heterocycles. The van der Waals surface area contributed by atoms with E-state index in [0.717, 1.165) is 5.92 Å². The van der Waals surface area contributed by atoms with Crippen LogP contribution in [0.5, 0.6) is 0 Å². The maximum absolute atomic E-state index is 12.3. The first-order chi connectivity index (χ1) is 7.45. The zero-order valence-corrected chi connectivity index (χ0v) is 11.0. The lowest BCUT2D eigenvalue weighted by Gasteiger charge is -2.48. The Morgan fingerprint density at radius 1 is 1.19 bits per heavy atom. The Morgan fingerprint density at radius 2 is 1.88 bits per heavy atom. The Morgan fingerprint density at radius 3 is 2.56 bits per heavy atom. The molecule has 0 N–H and O–H groups in total. The molecule has 3 saturated carbocycles. The molecular formula is C15H24O. The maximum atomic E-state index is 12.3. The smallest absolute Gasteiger partial charge is 0.139 e. The van der Waals surface area contributed by atoms with E-state index in [-0.39, 0.29) is 0 Å². The summed E-state index contributed by atoms with van der Waals surface area (Å²) in [6, 6.07) is 0. The van der Waals surface area contributed by atoms with Crippen LogP contribution in [0.25, 0.3) is 0 Å². The minimum Gasteiger partial charge on any atom is -0.299 e. The third kappa shape index (κ3) is 0.926. The highest BCUT2D eigenvalue weighted by Gasteiger charge is 2.76. The quantitative estimate of drug-likeness (QED) is 0.608. The molecule has 0 aliphatic heterocycles. The number of hydrogen-bond donors (Lipinski definition) is 0. The van der Waals surface area contributed by atoms with E-state index in [1.165, 1.54) is 25.7 Å². The van der Waals surface area contributed by atoms with Crippen molar-refractivity contribution in [1.82, 2.24) is 0 Å². The Hall–Kier alpha value is -0.330. The number of Topliss-reactive ketones (excluding diaryl/α,β-unsaturated/α-hetero) is 1. The van der Waals surface area contributed by atoms with Crippen LogP contribution in [0.3, 0.4) is 0 Å². The van der Waals surface area contributed by atoms with Crippen molar-refractivity contribution < 1.29 is 4.79 Å². The molecule has 6 atom stereocenters. The van der Waals surface area contributed by atoms with Crippen LogP contribution in [-0.4, -0.2) is 5.78 Å². The number of ketones is 1. The van der Waals surface area contributed by atoms with Gasteiger partial charge in [0, 0.05) is 11.8 Å². The van der Waals surface area contributed by atoms with Gasteiger partial charge in [-0.05, 0) is 35.5 Å². The Kier molecular flexibility index (Phi) is 1.97. The van der Waals surface area contributed by atoms with Crippen molar-refractivity contribution in [1.29, 1.82) is 0 Å². The second-order valence-corrected chi connectivity index (χ2v) is 6.99. The van der Waals surface area contributed by atoms with Crippen molar-refractivity contribution in [2.24, 2.45) is 34.5 Å². The lowest BCUT2D eigenvalue weighted by atomic mass is 9.55. The molecule has 1 spiro atoms. The molecule has 3 fully saturated rings. The van der Waals surface area contributed by atoms with E-state index < -0.39 is 0 Å². The summed E-state index contributed by atoms with van der Waals surface area (Å²) in [4.78, 5) is 12.3. The van der Waals surface area contributed by atoms with Crippen molar-refractivity contribution in [2.45, 2.75) is 53.4 Å². The second-order valence-electron chi connectivity index (χ2n) is 6.99. The predicted molar refractivity (Wildman–Crippen MR) is 65.0 cm³/mol. The molecule has 0 bridgehead atoms. The van der Waals surface area contributed by atoms with Gasteiger partial charge in [-0.2, -0.15) is 0 Å². The average molecular weight is 220 g/mol. The Labute approximate surface area is 99.0 Å². The van der Waals surface area contributed by atoms with Gasteiger partial charge in [-0.3, -0.25) is 4.79 Å². The van der Waals surface area contributed by atoms with Crippen molar-refractivity contribution in [2.75, 3.05) is 0 Å². The van der Waals surface area contributed by atoms with Gasteiger partial charge < -0.3 is 0 Å². The van der Waals surface area contributed by atoms with Gasteiger partial charge in [0.1, 0.15) is 5.78 Å². The zero-order chi connectivity index (χ0) is 11.7. The molecule has 3 rings (SSSR count). The molecule has 1 nitrogen and oxygen atoms in total. The molecule has 0 aromatic carbocycles. The predicted octanol–water partition coefficient (Wildman–Crippen LogP) is 3.67. The first kappa shape index (κ1) is 10.8. The first-order valence-corrected chi connectivity index (χ1v) is 6.99. The van der Waals surface area contributed by atoms with Gasteiger partial charge >= 0.3 is 0 Å². The summed E-state index contributed by atoms with van der Waals surface area (Å²) in [7, 11) is 0. The van der Waals surface area contributed by atoms with E-state index in [1.54, 1.807) is 0 Å². The van der Waals surface area contributed by atoms with Gasteiger partial charge in [-0.15, -0.1) is 0 Å². The molecule has 6 unspecified atom stereocenters. The van der Waals surface area contributed by atoms with Crippen LogP contribution in [-0.2, 0) is 4.79 Å². The van der Waals surface area contributed by atoms with Crippen LogP contribution in [0.2, 0.25) is 0 Å². The Balaban J connectivity index is 2.05. The number of rotatable bonds is 0. The minimum atomic E-state index is 0.305. The highest BCUT2D eigenvalue weighted by atomic mass is 16.1. The molecule has 0 heterocycles. The van der Waals surface area contributed by atoms with E-state index in [0.29, 0.717) is 34.4 Å². The lowest BCUT2D eigenvalue weighted by molar-refractivity contribution is -0.139. The molecule has 1 heteroatoms. The summed E-state index contributed by atoms with van der Waals surface area (Å²) in [5.74, 6) is 2.72. The summed E-state index contributed by atoms with van der Waals surface area (Å²) in [5.41, 5.74) is 0.888. The molecule has 0 aromatic heterocycles. The second kappa shape index (κ2) is 2.91. The van der Waals surface area contributed by atoms with Crippen LogP contribution in [0.1, 0.15) is 53.4 Å². The van der Waals surface area contributed by atoms with E-state index in [1.807, 2.05) is 0 Å². The van der Waals surface area contributed by atoms with Crippen molar-refractivity contribution >= 4 is 5.78 Å². The van der Waals surface area contributed by atoms with Gasteiger partial charge in [0.2, 0.25) is 0 Å². The van der Waals surface area contributed by atoms with E-state index in [4.69, 9.17) is 0 Å². The van der Waals surface area contributed by atoms with Gasteiger partial charge in [0.15, 0.2) is 0 Å². The largest absolute Gasteiger partial charge is 0.299 e. The molecule has 3 aliphatic carbocycles. The molecule has 90 valence electrons. The maximum Gasteiger partial charge on any atom is 0.139 e. The minimum absolute atomic E-state index is 0.305. The van der Waals surface area contributed by atoms with E-state index in [9.17, 15) is 4.79 Å². The summed E-state index contributed by atoms with van der Waals surface area (Å²) < 4.78 is 0. The standard InChI is InChI=1S/C15H24O/c1-9-6-5-7-12-10(2)13(16)11(3)14(4)8-15(9,12)14/h9-12H,5-8H2,1-4H3. The third-order valence-electron chi connectivity index (χ3n) is 6.73. The van der Waals surface area contributed by atoms with Crippen molar-refractivity contribution in [3.05, 3.63) is 0 Å². The van der Waals surface area contributed by atoms with Crippen molar-refractivity contribution in [3.8, 4) is 0 Å². The van der Waals surface area contributed by atoms with Gasteiger partial charge in [0.25, 0.3) is 0 Å². The fourth-order valence-corrected chi connectivity index (χ4v) is 5.54. The van der Waals surface area contributed by atoms with Crippen LogP contribution < -0.4 is 0 Å². The molecular weight excluding hydrogens is 196 g/mol. The van der Waals surface area contributed by atoms with Crippen LogP contribution in [0.4, 0.5) is 0 Å². The molecule has 3 aliphatic rings. The third-order valence-corrected chi connectivity index (χ3v) is 6.73. The summed E-state index contributed by atoms with van der Waals surface area (Å²) in [6.07, 6.45) is 5.36. The number of carbonyl (C=O) groups excluding carboxylic acids is 1. The van der Waals surface area contributed by atoms with E-state index in [2.05, 4.69) is 27.7 Å². The van der Waals surface area contributed by atoms with Crippen LogP contribution >= 0.6 is 0 Å². The van der Waals surface area contributed by atoms with Gasteiger partial charge in [0.05, 0.1) is 0 Å². The topological polar surface area (TPSA) is 17.1 Å². The zero-order valence-electron chi connectivity index (χ0n) is 11.0. The van der Waals surface area contributed by atoms with Gasteiger partial charge in [-0.1, -0.05) is 40.5 Å². The fraction of sp³-hybridized carbons (Fsp3) is 0.933. The van der Waals surface area contributed by atoms with E-state index >= 15 is 0 Å². The first-order valence-electron chi connectivity index (χ1n) is 6.99. The highest BCUT2D eigenvalue weighted by molar-refractivity contribution is 5.86. The van der Waals surface area contributed by atoms with Crippen LogP contribution in [0, 0.1) is 34.5 Å². The Bertz CT molecular complexity index is 347. The fourth-order valence-electron chi connectivity index (χ4n) is 5.54. The number of hydrogen-bond acceptors (Lipinski definition) is 1. The van der Waals surface area contributed by atoms with Gasteiger partial charge in [-0.25, -0.2) is 0 Å². The molecule has 0 radical (unpaired) electrons. The summed E-state index contributed by atoms with van der Waals surface area (Å²) >= 11 is 0. The summed E-state index contributed by atoms with van der Waals surface area (Å²) in [6.45, 7) is 9.20. The molecule has 16 heavy (non-hydrogen) atoms. The highest BCUT2D eigenvalue weighted by Crippen LogP contribution is 2.80. The SMILES string of the molecule is CC1C(=O)C(C)C2(C)CC23C(C)CCCC13. The van der Waals surface area contributed by atoms with Crippen molar-refractivity contribution in [3.63, 3.8) is 0 Å². The molecule has 0 aromatic rings.